The maximum Gasteiger partial charge on any atom is 0.265 e. The van der Waals surface area contributed by atoms with Crippen LogP contribution < -0.4 is 19.5 Å². The second-order valence-corrected chi connectivity index (χ2v) is 12.7. The smallest absolute Gasteiger partial charge is 0.265 e. The van der Waals surface area contributed by atoms with Crippen molar-refractivity contribution >= 4 is 44.2 Å². The van der Waals surface area contributed by atoms with Crippen molar-refractivity contribution in [1.29, 1.82) is 0 Å². The maximum atomic E-state index is 15.9. The third-order valence-corrected chi connectivity index (χ3v) is 9.22. The van der Waals surface area contributed by atoms with E-state index in [9.17, 15) is 13.5 Å². The van der Waals surface area contributed by atoms with Crippen LogP contribution in [0.3, 0.4) is 0 Å². The van der Waals surface area contributed by atoms with Crippen molar-refractivity contribution in [2.75, 3.05) is 43.9 Å². The number of benzene rings is 3. The van der Waals surface area contributed by atoms with E-state index in [0.29, 0.717) is 16.9 Å². The zero-order valence-electron chi connectivity index (χ0n) is 23.2. The van der Waals surface area contributed by atoms with Crippen molar-refractivity contribution in [3.05, 3.63) is 64.8 Å². The highest BCUT2D eigenvalue weighted by Crippen LogP contribution is 2.42. The molecule has 3 heterocycles. The quantitative estimate of drug-likeness (QED) is 0.259. The van der Waals surface area contributed by atoms with Crippen molar-refractivity contribution in [2.24, 2.45) is 0 Å². The number of halogens is 3. The van der Waals surface area contributed by atoms with E-state index in [4.69, 9.17) is 21.1 Å². The molecule has 10 nitrogen and oxygen atoms in total. The molecule has 2 aliphatic rings. The van der Waals surface area contributed by atoms with Gasteiger partial charge in [0.05, 0.1) is 18.4 Å². The first-order valence-electron chi connectivity index (χ1n) is 13.5. The van der Waals surface area contributed by atoms with Gasteiger partial charge in [-0.05, 0) is 74.9 Å². The molecule has 1 unspecified atom stereocenters. The minimum absolute atomic E-state index is 0.0409. The highest BCUT2D eigenvalue weighted by molar-refractivity contribution is 7.92. The molecule has 1 aromatic heterocycles. The molecular formula is C29H28ClF2N5O5S. The van der Waals surface area contributed by atoms with Crippen LogP contribution in [-0.4, -0.2) is 68.3 Å². The molecule has 1 saturated heterocycles. The SMILES string of the molecule is COc1cc(-c2c(F)ccc(NS(=O)(=O)c3cc(Cl)cc4c3OCC4O)c2F)cc2cnc(NC3CCN(C)CC3)nc12. The summed E-state index contributed by atoms with van der Waals surface area (Å²) < 4.78 is 70.8. The molecule has 1 atom stereocenters. The Kier molecular flexibility index (Phi) is 7.75. The molecule has 3 N–H and O–H groups in total. The number of aliphatic hydroxyl groups is 1. The van der Waals surface area contributed by atoms with Crippen molar-refractivity contribution in [2.45, 2.75) is 29.9 Å². The molecule has 0 aliphatic carbocycles. The second-order valence-electron chi connectivity index (χ2n) is 10.6. The van der Waals surface area contributed by atoms with Gasteiger partial charge in [-0.25, -0.2) is 27.2 Å². The van der Waals surface area contributed by atoms with Gasteiger partial charge in [0.25, 0.3) is 10.0 Å². The fraction of sp³-hybridized carbons (Fsp3) is 0.310. The van der Waals surface area contributed by atoms with E-state index < -0.39 is 39.0 Å². The van der Waals surface area contributed by atoms with Gasteiger partial charge in [0.1, 0.15) is 40.4 Å². The number of nitrogens with one attached hydrogen (secondary N) is 2. The summed E-state index contributed by atoms with van der Waals surface area (Å²) in [5, 5.41) is 14.0. The standard InChI is InChI=1S/C29H28ClF2N5O5S/c1-37-7-5-18(6-8-37)34-29-33-13-16-9-15(10-23(41-2)27(16)35-29)25-20(31)3-4-21(26(25)32)36-43(39,40)24-12-17(30)11-19-22(38)14-42-28(19)24/h3-4,9-13,18,22,36,38H,5-8,14H2,1-2H3,(H,33,34,35). The summed E-state index contributed by atoms with van der Waals surface area (Å²) in [7, 11) is -0.976. The molecule has 14 heteroatoms. The highest BCUT2D eigenvalue weighted by Gasteiger charge is 2.32. The molecule has 0 spiro atoms. The topological polar surface area (TPSA) is 126 Å². The predicted molar refractivity (Wildman–Crippen MR) is 158 cm³/mol. The molecule has 0 amide bonds. The van der Waals surface area contributed by atoms with Crippen molar-refractivity contribution in [3.8, 4) is 22.6 Å². The Balaban J connectivity index is 1.35. The largest absolute Gasteiger partial charge is 0.494 e. The van der Waals surface area contributed by atoms with Crippen LogP contribution in [0.1, 0.15) is 24.5 Å². The summed E-state index contributed by atoms with van der Waals surface area (Å²) >= 11 is 6.09. The van der Waals surface area contributed by atoms with E-state index in [2.05, 4.69) is 32.0 Å². The van der Waals surface area contributed by atoms with Crippen molar-refractivity contribution < 1.29 is 31.8 Å². The van der Waals surface area contributed by atoms with Gasteiger partial charge in [-0.2, -0.15) is 0 Å². The highest BCUT2D eigenvalue weighted by atomic mass is 35.5. The number of anilines is 2. The van der Waals surface area contributed by atoms with E-state index in [1.807, 2.05) is 0 Å². The lowest BCUT2D eigenvalue weighted by atomic mass is 10.0. The molecule has 1 fully saturated rings. The van der Waals surface area contributed by atoms with E-state index in [-0.39, 0.29) is 45.2 Å². The number of ether oxygens (including phenoxy) is 2. The van der Waals surface area contributed by atoms with Crippen LogP contribution in [0, 0.1) is 11.6 Å². The fourth-order valence-electron chi connectivity index (χ4n) is 5.36. The summed E-state index contributed by atoms with van der Waals surface area (Å²) in [6, 6.07) is 7.64. The molecule has 0 saturated carbocycles. The van der Waals surface area contributed by atoms with Crippen LogP contribution in [0.4, 0.5) is 20.4 Å². The number of fused-ring (bicyclic) bond motifs is 2. The van der Waals surface area contributed by atoms with Gasteiger partial charge in [0.15, 0.2) is 5.82 Å². The van der Waals surface area contributed by atoms with Gasteiger partial charge in [0, 0.05) is 28.2 Å². The molecule has 0 radical (unpaired) electrons. The number of likely N-dealkylation sites (tertiary alicyclic amines) is 1. The molecule has 43 heavy (non-hydrogen) atoms. The second kappa shape index (κ2) is 11.4. The number of methoxy groups -OCH3 is 1. The predicted octanol–water partition coefficient (Wildman–Crippen LogP) is 4.97. The van der Waals surface area contributed by atoms with Crippen LogP contribution in [0.5, 0.6) is 11.5 Å². The third-order valence-electron chi connectivity index (χ3n) is 7.63. The van der Waals surface area contributed by atoms with E-state index in [1.54, 1.807) is 6.20 Å². The zero-order valence-corrected chi connectivity index (χ0v) is 24.8. The Morgan fingerprint density at radius 2 is 1.93 bits per heavy atom. The zero-order chi connectivity index (χ0) is 30.5. The average Bonchev–Trinajstić information content (AvgIpc) is 3.35. The average molecular weight is 632 g/mol. The van der Waals surface area contributed by atoms with Gasteiger partial charge in [-0.3, -0.25) is 4.72 Å². The number of hydrogen-bond donors (Lipinski definition) is 3. The lowest BCUT2D eigenvalue weighted by Gasteiger charge is -2.29. The van der Waals surface area contributed by atoms with Gasteiger partial charge in [0.2, 0.25) is 5.95 Å². The van der Waals surface area contributed by atoms with Gasteiger partial charge < -0.3 is 24.8 Å². The summed E-state index contributed by atoms with van der Waals surface area (Å²) in [5.41, 5.74) is -0.238. The normalized spacial score (nSPS) is 17.5. The number of aliphatic hydroxyl groups excluding tert-OH is 1. The number of nitrogens with zero attached hydrogens (tertiary/aromatic N) is 3. The van der Waals surface area contributed by atoms with Crippen molar-refractivity contribution in [1.82, 2.24) is 14.9 Å². The number of hydrogen-bond acceptors (Lipinski definition) is 9. The fourth-order valence-corrected chi connectivity index (χ4v) is 6.91. The molecule has 2 aliphatic heterocycles. The number of piperidine rings is 1. The lowest BCUT2D eigenvalue weighted by molar-refractivity contribution is 0.140. The van der Waals surface area contributed by atoms with Gasteiger partial charge in [-0.1, -0.05) is 11.6 Å². The molecule has 0 bridgehead atoms. The van der Waals surface area contributed by atoms with Crippen LogP contribution in [0.25, 0.3) is 22.0 Å². The van der Waals surface area contributed by atoms with E-state index in [0.717, 1.165) is 44.1 Å². The Morgan fingerprint density at radius 3 is 2.67 bits per heavy atom. The first kappa shape index (κ1) is 29.3. The van der Waals surface area contributed by atoms with Crippen LogP contribution >= 0.6 is 11.6 Å². The first-order valence-corrected chi connectivity index (χ1v) is 15.4. The molecule has 6 rings (SSSR count). The lowest BCUT2D eigenvalue weighted by Crippen LogP contribution is -2.37. The van der Waals surface area contributed by atoms with Crippen LogP contribution in [0.2, 0.25) is 5.02 Å². The summed E-state index contributed by atoms with van der Waals surface area (Å²) in [5.74, 6) is -1.47. The van der Waals surface area contributed by atoms with E-state index in [1.165, 1.54) is 25.3 Å². The molecular weight excluding hydrogens is 604 g/mol. The monoisotopic (exact) mass is 631 g/mol. The summed E-state index contributed by atoms with van der Waals surface area (Å²) in [6.07, 6.45) is 2.37. The van der Waals surface area contributed by atoms with Gasteiger partial charge in [-0.15, -0.1) is 0 Å². The molecule has 226 valence electrons. The summed E-state index contributed by atoms with van der Waals surface area (Å²) in [6.45, 7) is 1.77. The number of rotatable bonds is 7. The first-order chi connectivity index (χ1) is 20.5. The number of aromatic nitrogens is 2. The number of sulfonamides is 1. The summed E-state index contributed by atoms with van der Waals surface area (Å²) in [4.78, 5) is 10.9. The minimum atomic E-state index is -4.47. The Bertz CT molecular complexity index is 1840. The van der Waals surface area contributed by atoms with Crippen molar-refractivity contribution in [3.63, 3.8) is 0 Å². The van der Waals surface area contributed by atoms with Crippen LogP contribution in [-0.2, 0) is 10.0 Å². The minimum Gasteiger partial charge on any atom is -0.494 e. The van der Waals surface area contributed by atoms with Gasteiger partial charge >= 0.3 is 0 Å². The Hall–Kier alpha value is -3.78. The van der Waals surface area contributed by atoms with E-state index >= 15 is 8.78 Å². The van der Waals surface area contributed by atoms with Crippen LogP contribution in [0.15, 0.2) is 47.5 Å². The Morgan fingerprint density at radius 1 is 1.16 bits per heavy atom. The molecule has 4 aromatic rings. The maximum absolute atomic E-state index is 15.9. The molecule has 3 aromatic carbocycles. The Labute approximate surface area is 251 Å². The third kappa shape index (κ3) is 5.65.